The fourth-order valence-corrected chi connectivity index (χ4v) is 1.33. The Morgan fingerprint density at radius 3 is 2.73 bits per heavy atom. The van der Waals surface area contributed by atoms with E-state index in [1.807, 2.05) is 6.92 Å². The summed E-state index contributed by atoms with van der Waals surface area (Å²) >= 11 is 0. The Labute approximate surface area is 87.8 Å². The lowest BCUT2D eigenvalue weighted by Gasteiger charge is -2.11. The number of para-hydroxylation sites is 1. The smallest absolute Gasteiger partial charge is 0.232 e. The van der Waals surface area contributed by atoms with Crippen LogP contribution in [0.2, 0.25) is 0 Å². The molecule has 0 bridgehead atoms. The number of methoxy groups -OCH3 is 1. The molecule has 0 N–H and O–H groups in total. The lowest BCUT2D eigenvalue weighted by atomic mass is 10.2. The van der Waals surface area contributed by atoms with E-state index in [4.69, 9.17) is 9.47 Å². The Bertz CT molecular complexity index is 351. The zero-order valence-electron chi connectivity index (χ0n) is 8.73. The highest BCUT2D eigenvalue weighted by Gasteiger charge is 2.13. The molecule has 0 aliphatic rings. The van der Waals surface area contributed by atoms with Crippen LogP contribution in [0.3, 0.4) is 0 Å². The fraction of sp³-hybridized carbons (Fsp3) is 0.400. The predicted molar refractivity (Wildman–Crippen MR) is 54.9 cm³/mol. The van der Waals surface area contributed by atoms with Gasteiger partial charge in [-0.1, -0.05) is 6.07 Å². The molecule has 0 atom stereocenters. The van der Waals surface area contributed by atoms with Crippen molar-refractivity contribution in [3.8, 4) is 11.5 Å². The lowest BCUT2D eigenvalue weighted by molar-refractivity contribution is -0.496. The van der Waals surface area contributed by atoms with E-state index in [-0.39, 0.29) is 6.54 Å². The Hall–Kier alpha value is -1.78. The van der Waals surface area contributed by atoms with Crippen LogP contribution in [0, 0.1) is 10.1 Å². The molecule has 0 radical (unpaired) electrons. The van der Waals surface area contributed by atoms with Crippen molar-refractivity contribution >= 4 is 0 Å². The molecule has 82 valence electrons. The summed E-state index contributed by atoms with van der Waals surface area (Å²) in [6.07, 6.45) is 0. The van der Waals surface area contributed by atoms with Gasteiger partial charge in [0.05, 0.1) is 19.3 Å². The predicted octanol–water partition coefficient (Wildman–Crippen LogP) is 1.87. The average Bonchev–Trinajstić information content (AvgIpc) is 2.18. The number of nitro groups is 1. The molecule has 1 aromatic carbocycles. The minimum absolute atomic E-state index is 0.260. The van der Waals surface area contributed by atoms with Crippen LogP contribution in [-0.4, -0.2) is 18.6 Å². The fourth-order valence-electron chi connectivity index (χ4n) is 1.33. The number of rotatable bonds is 5. The van der Waals surface area contributed by atoms with Crippen LogP contribution in [-0.2, 0) is 6.54 Å². The summed E-state index contributed by atoms with van der Waals surface area (Å²) in [4.78, 5) is 10.0. The van der Waals surface area contributed by atoms with E-state index < -0.39 is 4.92 Å². The van der Waals surface area contributed by atoms with Crippen molar-refractivity contribution in [2.45, 2.75) is 13.5 Å². The zero-order valence-corrected chi connectivity index (χ0v) is 8.73. The first-order valence-corrected chi connectivity index (χ1v) is 4.59. The van der Waals surface area contributed by atoms with Gasteiger partial charge in [0, 0.05) is 4.92 Å². The van der Waals surface area contributed by atoms with E-state index in [2.05, 4.69) is 0 Å². The van der Waals surface area contributed by atoms with Crippen LogP contribution in [0.15, 0.2) is 18.2 Å². The van der Waals surface area contributed by atoms with Crippen molar-refractivity contribution in [2.24, 2.45) is 0 Å². The molecule has 5 heteroatoms. The van der Waals surface area contributed by atoms with Crippen molar-refractivity contribution in [3.63, 3.8) is 0 Å². The molecule has 0 saturated carbocycles. The average molecular weight is 211 g/mol. The third kappa shape index (κ3) is 2.83. The van der Waals surface area contributed by atoms with Crippen LogP contribution >= 0.6 is 0 Å². The van der Waals surface area contributed by atoms with Crippen molar-refractivity contribution in [1.29, 1.82) is 0 Å². The standard InChI is InChI=1S/C10H13NO4/c1-3-15-9-6-4-5-8(7-11(12)13)10(9)14-2/h4-6H,3,7H2,1-2H3. The number of nitrogens with zero attached hydrogens (tertiary/aromatic N) is 1. The zero-order chi connectivity index (χ0) is 11.3. The number of hydrogen-bond donors (Lipinski definition) is 0. The topological polar surface area (TPSA) is 61.6 Å². The van der Waals surface area contributed by atoms with Crippen molar-refractivity contribution in [3.05, 3.63) is 33.9 Å². The maximum atomic E-state index is 10.4. The van der Waals surface area contributed by atoms with Gasteiger partial charge in [-0.2, -0.15) is 0 Å². The highest BCUT2D eigenvalue weighted by Crippen LogP contribution is 2.31. The van der Waals surface area contributed by atoms with Gasteiger partial charge in [0.1, 0.15) is 0 Å². The third-order valence-corrected chi connectivity index (χ3v) is 1.86. The quantitative estimate of drug-likeness (QED) is 0.551. The molecule has 1 rings (SSSR count). The summed E-state index contributed by atoms with van der Waals surface area (Å²) in [5.74, 6) is 0.982. The molecule has 0 unspecified atom stereocenters. The molecule has 1 aromatic rings. The van der Waals surface area contributed by atoms with Gasteiger partial charge in [-0.25, -0.2) is 0 Å². The second kappa shape index (κ2) is 5.19. The van der Waals surface area contributed by atoms with Crippen LogP contribution < -0.4 is 9.47 Å². The number of ether oxygens (including phenoxy) is 2. The molecular formula is C10H13NO4. The van der Waals surface area contributed by atoms with E-state index >= 15 is 0 Å². The van der Waals surface area contributed by atoms with Gasteiger partial charge in [0.2, 0.25) is 6.54 Å². The first kappa shape index (κ1) is 11.3. The first-order valence-electron chi connectivity index (χ1n) is 4.59. The number of hydrogen-bond acceptors (Lipinski definition) is 4. The van der Waals surface area contributed by atoms with Gasteiger partial charge in [-0.3, -0.25) is 10.1 Å². The van der Waals surface area contributed by atoms with Gasteiger partial charge in [0.15, 0.2) is 11.5 Å². The second-order valence-corrected chi connectivity index (χ2v) is 2.87. The normalized spacial score (nSPS) is 9.73. The Balaban J connectivity index is 3.04. The summed E-state index contributed by atoms with van der Waals surface area (Å²) in [6, 6.07) is 5.10. The highest BCUT2D eigenvalue weighted by atomic mass is 16.6. The Morgan fingerprint density at radius 1 is 1.47 bits per heavy atom. The molecule has 0 spiro atoms. The molecule has 0 amide bonds. The molecule has 5 nitrogen and oxygen atoms in total. The third-order valence-electron chi connectivity index (χ3n) is 1.86. The summed E-state index contributed by atoms with van der Waals surface area (Å²) < 4.78 is 10.4. The minimum Gasteiger partial charge on any atom is -0.492 e. The maximum absolute atomic E-state index is 10.4. The molecule has 0 aliphatic heterocycles. The van der Waals surface area contributed by atoms with Gasteiger partial charge in [0.25, 0.3) is 0 Å². The largest absolute Gasteiger partial charge is 0.492 e. The minimum atomic E-state index is -0.395. The van der Waals surface area contributed by atoms with Crippen molar-refractivity contribution < 1.29 is 14.4 Å². The summed E-state index contributed by atoms with van der Waals surface area (Å²) in [6.45, 7) is 2.09. The summed E-state index contributed by atoms with van der Waals surface area (Å²) in [5.41, 5.74) is 0.522. The van der Waals surface area contributed by atoms with Gasteiger partial charge < -0.3 is 9.47 Å². The molecule has 0 aliphatic carbocycles. The Morgan fingerprint density at radius 2 is 2.20 bits per heavy atom. The van der Waals surface area contributed by atoms with E-state index in [1.54, 1.807) is 18.2 Å². The summed E-state index contributed by atoms with van der Waals surface area (Å²) in [7, 11) is 1.47. The Kier molecular flexibility index (Phi) is 3.91. The van der Waals surface area contributed by atoms with E-state index in [0.717, 1.165) is 0 Å². The highest BCUT2D eigenvalue weighted by molar-refractivity contribution is 5.46. The van der Waals surface area contributed by atoms with Crippen molar-refractivity contribution in [1.82, 2.24) is 0 Å². The maximum Gasteiger partial charge on any atom is 0.232 e. The van der Waals surface area contributed by atoms with E-state index in [0.29, 0.717) is 23.7 Å². The van der Waals surface area contributed by atoms with E-state index in [1.165, 1.54) is 7.11 Å². The van der Waals surface area contributed by atoms with Crippen molar-refractivity contribution in [2.75, 3.05) is 13.7 Å². The molecule has 0 aromatic heterocycles. The molecule has 15 heavy (non-hydrogen) atoms. The molecule has 0 heterocycles. The van der Waals surface area contributed by atoms with Crippen LogP contribution in [0.4, 0.5) is 0 Å². The van der Waals surface area contributed by atoms with Gasteiger partial charge >= 0.3 is 0 Å². The summed E-state index contributed by atoms with van der Waals surface area (Å²) in [5, 5.41) is 10.4. The van der Waals surface area contributed by atoms with Gasteiger partial charge in [-0.05, 0) is 19.1 Å². The second-order valence-electron chi connectivity index (χ2n) is 2.87. The monoisotopic (exact) mass is 211 g/mol. The lowest BCUT2D eigenvalue weighted by Crippen LogP contribution is -2.03. The van der Waals surface area contributed by atoms with E-state index in [9.17, 15) is 10.1 Å². The van der Waals surface area contributed by atoms with Crippen LogP contribution in [0.5, 0.6) is 11.5 Å². The molecular weight excluding hydrogens is 198 g/mol. The molecule has 0 fully saturated rings. The number of benzene rings is 1. The van der Waals surface area contributed by atoms with Crippen LogP contribution in [0.25, 0.3) is 0 Å². The first-order chi connectivity index (χ1) is 7.19. The van der Waals surface area contributed by atoms with Gasteiger partial charge in [-0.15, -0.1) is 0 Å². The van der Waals surface area contributed by atoms with Crippen LogP contribution in [0.1, 0.15) is 12.5 Å². The molecule has 0 saturated heterocycles. The SMILES string of the molecule is CCOc1cccc(C[N+](=O)[O-])c1OC.